The number of nitrogens with one attached hydrogen (secondary N) is 1. The Morgan fingerprint density at radius 2 is 1.67 bits per heavy atom. The van der Waals surface area contributed by atoms with Gasteiger partial charge in [0.1, 0.15) is 5.75 Å². The molecule has 0 bridgehead atoms. The minimum atomic E-state index is -0.827. The molecule has 2 aromatic carbocycles. The van der Waals surface area contributed by atoms with Gasteiger partial charge in [-0.05, 0) is 42.7 Å². The summed E-state index contributed by atoms with van der Waals surface area (Å²) in [6, 6.07) is 16.9. The number of carboxylic acids is 1. The number of ether oxygens (including phenoxy) is 1. The van der Waals surface area contributed by atoms with Crippen LogP contribution in [0.25, 0.3) is 0 Å². The van der Waals surface area contributed by atoms with Gasteiger partial charge in [-0.1, -0.05) is 30.3 Å². The molecule has 0 spiro atoms. The van der Waals surface area contributed by atoms with Crippen LogP contribution < -0.4 is 10.1 Å². The van der Waals surface area contributed by atoms with Crippen molar-refractivity contribution in [1.82, 2.24) is 0 Å². The Morgan fingerprint density at radius 3 is 2.33 bits per heavy atom. The summed E-state index contributed by atoms with van der Waals surface area (Å²) >= 11 is 0. The van der Waals surface area contributed by atoms with Crippen LogP contribution in [0, 0.1) is 0 Å². The molecule has 0 aliphatic heterocycles. The third-order valence-corrected chi connectivity index (χ3v) is 3.43. The summed E-state index contributed by atoms with van der Waals surface area (Å²) in [6.07, 6.45) is 1.69. The lowest BCUT2D eigenvalue weighted by Gasteiger charge is -2.08. The van der Waals surface area contributed by atoms with E-state index in [4.69, 9.17) is 9.84 Å². The molecule has 126 valence electrons. The topological polar surface area (TPSA) is 75.6 Å². The van der Waals surface area contributed by atoms with E-state index in [1.807, 2.05) is 30.3 Å². The van der Waals surface area contributed by atoms with E-state index in [0.717, 1.165) is 5.56 Å². The van der Waals surface area contributed by atoms with Crippen LogP contribution in [-0.4, -0.2) is 23.6 Å². The number of carbonyl (C=O) groups is 2. The summed E-state index contributed by atoms with van der Waals surface area (Å²) in [5.41, 5.74) is 1.85. The van der Waals surface area contributed by atoms with Gasteiger partial charge >= 0.3 is 5.97 Å². The van der Waals surface area contributed by atoms with Crippen LogP contribution in [0.3, 0.4) is 0 Å². The minimum Gasteiger partial charge on any atom is -0.494 e. The molecule has 0 heterocycles. The van der Waals surface area contributed by atoms with Crippen molar-refractivity contribution in [3.05, 3.63) is 60.2 Å². The van der Waals surface area contributed by atoms with E-state index in [1.165, 1.54) is 0 Å². The second-order valence-corrected chi connectivity index (χ2v) is 5.40. The lowest BCUT2D eigenvalue weighted by Crippen LogP contribution is -2.12. The number of carbonyl (C=O) groups excluding carboxylic acids is 1. The van der Waals surface area contributed by atoms with Crippen LogP contribution in [0.4, 0.5) is 5.69 Å². The highest BCUT2D eigenvalue weighted by molar-refractivity contribution is 5.90. The number of benzene rings is 2. The number of aryl methyl sites for hydroxylation is 1. The molecule has 1 amide bonds. The molecule has 0 aliphatic carbocycles. The number of carboxylic acid groups (broad SMARTS) is 1. The first-order chi connectivity index (χ1) is 11.6. The maximum absolute atomic E-state index is 11.9. The second-order valence-electron chi connectivity index (χ2n) is 5.40. The average molecular weight is 327 g/mol. The van der Waals surface area contributed by atoms with Gasteiger partial charge in [0.2, 0.25) is 5.91 Å². The first kappa shape index (κ1) is 17.5. The van der Waals surface area contributed by atoms with Crippen molar-refractivity contribution in [1.29, 1.82) is 0 Å². The number of rotatable bonds is 9. The fourth-order valence-corrected chi connectivity index (χ4v) is 2.17. The van der Waals surface area contributed by atoms with Crippen molar-refractivity contribution >= 4 is 17.6 Å². The number of anilines is 1. The van der Waals surface area contributed by atoms with Gasteiger partial charge in [0.05, 0.1) is 6.61 Å². The largest absolute Gasteiger partial charge is 0.494 e. The Labute approximate surface area is 141 Å². The number of hydrogen-bond acceptors (Lipinski definition) is 3. The Kier molecular flexibility index (Phi) is 6.83. The van der Waals surface area contributed by atoms with E-state index >= 15 is 0 Å². The van der Waals surface area contributed by atoms with Crippen LogP contribution in [-0.2, 0) is 16.0 Å². The van der Waals surface area contributed by atoms with Crippen molar-refractivity contribution in [3.63, 3.8) is 0 Å². The van der Waals surface area contributed by atoms with Crippen LogP contribution in [0.5, 0.6) is 5.75 Å². The maximum atomic E-state index is 11.9. The zero-order valence-corrected chi connectivity index (χ0v) is 13.4. The van der Waals surface area contributed by atoms with Crippen molar-refractivity contribution in [2.75, 3.05) is 11.9 Å². The summed E-state index contributed by atoms with van der Waals surface area (Å²) in [5, 5.41) is 11.4. The van der Waals surface area contributed by atoms with Crippen LogP contribution >= 0.6 is 0 Å². The maximum Gasteiger partial charge on any atom is 0.303 e. The number of amides is 1. The Morgan fingerprint density at radius 1 is 0.958 bits per heavy atom. The first-order valence-electron chi connectivity index (χ1n) is 7.92. The zero-order chi connectivity index (χ0) is 17.2. The minimum absolute atomic E-state index is 0.0334. The standard InChI is InChI=1S/C19H21NO4/c21-18(13-8-15-5-2-1-3-6-15)20-16-9-11-17(12-10-16)24-14-4-7-19(22)23/h1-3,5-6,9-12H,4,7-8,13-14H2,(H,20,21)(H,22,23). The van der Waals surface area contributed by atoms with E-state index in [-0.39, 0.29) is 12.3 Å². The predicted octanol–water partition coefficient (Wildman–Crippen LogP) is 3.50. The van der Waals surface area contributed by atoms with E-state index < -0.39 is 5.97 Å². The third-order valence-electron chi connectivity index (χ3n) is 3.43. The molecule has 0 aromatic heterocycles. The van der Waals surface area contributed by atoms with Gasteiger partial charge in [-0.3, -0.25) is 9.59 Å². The lowest BCUT2D eigenvalue weighted by molar-refractivity contribution is -0.137. The highest BCUT2D eigenvalue weighted by atomic mass is 16.5. The molecule has 2 rings (SSSR count). The molecular weight excluding hydrogens is 306 g/mol. The van der Waals surface area contributed by atoms with Crippen molar-refractivity contribution in [2.24, 2.45) is 0 Å². The highest BCUT2D eigenvalue weighted by Crippen LogP contribution is 2.16. The van der Waals surface area contributed by atoms with Crippen molar-refractivity contribution < 1.29 is 19.4 Å². The zero-order valence-electron chi connectivity index (χ0n) is 13.4. The van der Waals surface area contributed by atoms with Crippen molar-refractivity contribution in [3.8, 4) is 5.75 Å². The summed E-state index contributed by atoms with van der Waals surface area (Å²) in [6.45, 7) is 0.356. The quantitative estimate of drug-likeness (QED) is 0.691. The van der Waals surface area contributed by atoms with Gasteiger partial charge in [-0.15, -0.1) is 0 Å². The van der Waals surface area contributed by atoms with E-state index in [2.05, 4.69) is 5.32 Å². The molecule has 0 radical (unpaired) electrons. The Hall–Kier alpha value is -2.82. The smallest absolute Gasteiger partial charge is 0.303 e. The molecule has 0 unspecified atom stereocenters. The molecule has 5 heteroatoms. The number of aliphatic carboxylic acids is 1. The van der Waals surface area contributed by atoms with Crippen LogP contribution in [0.2, 0.25) is 0 Å². The van der Waals surface area contributed by atoms with Crippen molar-refractivity contribution in [2.45, 2.75) is 25.7 Å². The van der Waals surface area contributed by atoms with E-state index in [1.54, 1.807) is 24.3 Å². The predicted molar refractivity (Wildman–Crippen MR) is 92.2 cm³/mol. The molecule has 0 saturated heterocycles. The SMILES string of the molecule is O=C(O)CCCOc1ccc(NC(=O)CCc2ccccc2)cc1. The molecule has 0 atom stereocenters. The second kappa shape index (κ2) is 9.35. The van der Waals surface area contributed by atoms with Gasteiger partial charge in [0.15, 0.2) is 0 Å². The third kappa shape index (κ3) is 6.52. The fraction of sp³-hybridized carbons (Fsp3) is 0.263. The van der Waals surface area contributed by atoms with Crippen LogP contribution in [0.15, 0.2) is 54.6 Å². The van der Waals surface area contributed by atoms with Gasteiger partial charge in [0, 0.05) is 18.5 Å². The van der Waals surface area contributed by atoms with Crippen LogP contribution in [0.1, 0.15) is 24.8 Å². The lowest BCUT2D eigenvalue weighted by atomic mass is 10.1. The molecule has 0 aliphatic rings. The van der Waals surface area contributed by atoms with E-state index in [9.17, 15) is 9.59 Å². The summed E-state index contributed by atoms with van der Waals surface area (Å²) in [7, 11) is 0. The highest BCUT2D eigenvalue weighted by Gasteiger charge is 2.04. The monoisotopic (exact) mass is 327 g/mol. The molecule has 5 nitrogen and oxygen atoms in total. The molecular formula is C19H21NO4. The average Bonchev–Trinajstić information content (AvgIpc) is 2.59. The molecule has 0 fully saturated rings. The van der Waals surface area contributed by atoms with Gasteiger partial charge in [-0.2, -0.15) is 0 Å². The van der Waals surface area contributed by atoms with Gasteiger partial charge < -0.3 is 15.2 Å². The molecule has 2 aromatic rings. The van der Waals surface area contributed by atoms with E-state index in [0.29, 0.717) is 37.3 Å². The first-order valence-corrected chi connectivity index (χ1v) is 7.92. The Balaban J connectivity index is 1.72. The summed E-state index contributed by atoms with van der Waals surface area (Å²) in [5.74, 6) is -0.205. The molecule has 2 N–H and O–H groups in total. The fourth-order valence-electron chi connectivity index (χ4n) is 2.17. The van der Waals surface area contributed by atoms with Gasteiger partial charge in [-0.25, -0.2) is 0 Å². The summed E-state index contributed by atoms with van der Waals surface area (Å²) in [4.78, 5) is 22.4. The number of hydrogen-bond donors (Lipinski definition) is 2. The molecule has 0 saturated carbocycles. The summed E-state index contributed by atoms with van der Waals surface area (Å²) < 4.78 is 5.45. The van der Waals surface area contributed by atoms with Gasteiger partial charge in [0.25, 0.3) is 0 Å². The molecule has 24 heavy (non-hydrogen) atoms. The Bertz CT molecular complexity index is 653. The normalized spacial score (nSPS) is 10.2.